The van der Waals surface area contributed by atoms with E-state index >= 15 is 0 Å². The topological polar surface area (TPSA) is 46.9 Å². The maximum Gasteiger partial charge on any atom is 0.230 e. The highest BCUT2D eigenvalue weighted by molar-refractivity contribution is 7.99. The molecule has 1 N–H and O–H groups in total. The van der Waals surface area contributed by atoms with E-state index in [4.69, 9.17) is 0 Å². The van der Waals surface area contributed by atoms with Crippen molar-refractivity contribution < 1.29 is 4.79 Å². The number of hydrogen-bond donors (Lipinski definition) is 1. The largest absolute Gasteiger partial charge is 0.350 e. The molecule has 0 fully saturated rings. The smallest absolute Gasteiger partial charge is 0.230 e. The molecule has 2 aromatic rings. The minimum atomic E-state index is 0.0408. The van der Waals surface area contributed by atoms with Gasteiger partial charge in [-0.05, 0) is 18.4 Å². The lowest BCUT2D eigenvalue weighted by atomic mass is 10.4. The van der Waals surface area contributed by atoms with Gasteiger partial charge in [-0.15, -0.1) is 11.3 Å². The van der Waals surface area contributed by atoms with Crippen LogP contribution in [-0.2, 0) is 17.9 Å². The van der Waals surface area contributed by atoms with Crippen LogP contribution in [0.5, 0.6) is 0 Å². The lowest BCUT2D eigenvalue weighted by molar-refractivity contribution is -0.118. The maximum absolute atomic E-state index is 11.7. The number of nitrogens with zero attached hydrogens (tertiary/aromatic N) is 2. The van der Waals surface area contributed by atoms with Crippen molar-refractivity contribution in [2.24, 2.45) is 0 Å². The Kier molecular flexibility index (Phi) is 4.83. The van der Waals surface area contributed by atoms with E-state index in [0.29, 0.717) is 12.3 Å². The predicted octanol–water partition coefficient (Wildman–Crippen LogP) is 2.37. The zero-order valence-corrected chi connectivity index (χ0v) is 11.8. The van der Waals surface area contributed by atoms with Gasteiger partial charge in [-0.3, -0.25) is 4.79 Å². The van der Waals surface area contributed by atoms with Crippen molar-refractivity contribution in [1.29, 1.82) is 0 Å². The van der Waals surface area contributed by atoms with Gasteiger partial charge in [-0.1, -0.05) is 17.8 Å². The first-order chi connectivity index (χ1) is 8.79. The van der Waals surface area contributed by atoms with Crippen molar-refractivity contribution >= 4 is 29.0 Å². The molecular formula is C12H15N3OS2. The van der Waals surface area contributed by atoms with E-state index in [0.717, 1.165) is 11.7 Å². The number of imidazole rings is 1. The van der Waals surface area contributed by atoms with Crippen LogP contribution in [0.25, 0.3) is 0 Å². The van der Waals surface area contributed by atoms with Gasteiger partial charge in [0.1, 0.15) is 0 Å². The monoisotopic (exact) mass is 281 g/mol. The van der Waals surface area contributed by atoms with E-state index in [9.17, 15) is 4.79 Å². The van der Waals surface area contributed by atoms with Crippen LogP contribution in [0.1, 0.15) is 11.8 Å². The first kappa shape index (κ1) is 13.2. The van der Waals surface area contributed by atoms with Gasteiger partial charge in [-0.2, -0.15) is 0 Å². The molecule has 18 heavy (non-hydrogen) atoms. The van der Waals surface area contributed by atoms with Gasteiger partial charge in [0.05, 0.1) is 12.3 Å². The second-order valence-corrected chi connectivity index (χ2v) is 5.62. The average Bonchev–Trinajstić information content (AvgIpc) is 3.04. The third kappa shape index (κ3) is 3.61. The molecule has 2 aromatic heterocycles. The quantitative estimate of drug-likeness (QED) is 0.827. The van der Waals surface area contributed by atoms with Crippen LogP contribution in [-0.4, -0.2) is 21.2 Å². The first-order valence-corrected chi connectivity index (χ1v) is 7.59. The highest BCUT2D eigenvalue weighted by Crippen LogP contribution is 2.15. The van der Waals surface area contributed by atoms with E-state index in [1.54, 1.807) is 17.5 Å². The van der Waals surface area contributed by atoms with E-state index in [1.165, 1.54) is 16.6 Å². The molecule has 0 saturated heterocycles. The molecule has 96 valence electrons. The van der Waals surface area contributed by atoms with Crippen LogP contribution in [0.2, 0.25) is 0 Å². The van der Waals surface area contributed by atoms with Gasteiger partial charge in [0.2, 0.25) is 5.91 Å². The number of amides is 1. The average molecular weight is 281 g/mol. The summed E-state index contributed by atoms with van der Waals surface area (Å²) in [5.74, 6) is 0.446. The van der Waals surface area contributed by atoms with Crippen molar-refractivity contribution in [3.63, 3.8) is 0 Å². The Labute approximate surface area is 114 Å². The van der Waals surface area contributed by atoms with E-state index in [-0.39, 0.29) is 5.91 Å². The molecule has 0 bridgehead atoms. The van der Waals surface area contributed by atoms with Gasteiger partial charge in [0.15, 0.2) is 5.16 Å². The molecule has 0 unspecified atom stereocenters. The molecule has 4 nitrogen and oxygen atoms in total. The predicted molar refractivity (Wildman–Crippen MR) is 74.8 cm³/mol. The molecule has 0 aromatic carbocycles. The van der Waals surface area contributed by atoms with Crippen LogP contribution in [0.4, 0.5) is 0 Å². The molecule has 0 aliphatic carbocycles. The fraction of sp³-hybridized carbons (Fsp3) is 0.333. The highest BCUT2D eigenvalue weighted by Gasteiger charge is 2.06. The summed E-state index contributed by atoms with van der Waals surface area (Å²) < 4.78 is 2.03. The SMILES string of the molecule is CCn1ccnc1SCC(=O)NCc1cccs1. The van der Waals surface area contributed by atoms with Crippen LogP contribution >= 0.6 is 23.1 Å². The van der Waals surface area contributed by atoms with Gasteiger partial charge in [0, 0.05) is 23.8 Å². The van der Waals surface area contributed by atoms with E-state index < -0.39 is 0 Å². The minimum absolute atomic E-state index is 0.0408. The number of thiophene rings is 1. The number of aromatic nitrogens is 2. The Bertz CT molecular complexity index is 493. The second kappa shape index (κ2) is 6.61. The van der Waals surface area contributed by atoms with Crippen molar-refractivity contribution in [1.82, 2.24) is 14.9 Å². The summed E-state index contributed by atoms with van der Waals surface area (Å²) in [6.45, 7) is 3.54. The minimum Gasteiger partial charge on any atom is -0.350 e. The lowest BCUT2D eigenvalue weighted by Crippen LogP contribution is -2.24. The highest BCUT2D eigenvalue weighted by atomic mass is 32.2. The molecule has 0 aliphatic heterocycles. The molecule has 0 spiro atoms. The summed E-state index contributed by atoms with van der Waals surface area (Å²) in [5, 5.41) is 5.80. The lowest BCUT2D eigenvalue weighted by Gasteiger charge is -2.05. The summed E-state index contributed by atoms with van der Waals surface area (Å²) in [6.07, 6.45) is 3.68. The summed E-state index contributed by atoms with van der Waals surface area (Å²) in [4.78, 5) is 17.1. The Morgan fingerprint density at radius 1 is 1.61 bits per heavy atom. The van der Waals surface area contributed by atoms with Crippen LogP contribution in [0.15, 0.2) is 35.1 Å². The summed E-state index contributed by atoms with van der Waals surface area (Å²) in [6, 6.07) is 4.00. The number of rotatable bonds is 6. The standard InChI is InChI=1S/C12H15N3OS2/c1-2-15-6-5-13-12(15)18-9-11(16)14-8-10-4-3-7-17-10/h3-7H,2,8-9H2,1H3,(H,14,16). The molecular weight excluding hydrogens is 266 g/mol. The van der Waals surface area contributed by atoms with Crippen LogP contribution < -0.4 is 5.32 Å². The molecule has 2 heterocycles. The summed E-state index contributed by atoms with van der Waals surface area (Å²) in [7, 11) is 0. The fourth-order valence-electron chi connectivity index (χ4n) is 1.46. The normalized spacial score (nSPS) is 10.5. The molecule has 6 heteroatoms. The van der Waals surface area contributed by atoms with Crippen molar-refractivity contribution in [3.05, 3.63) is 34.8 Å². The van der Waals surface area contributed by atoms with Crippen molar-refractivity contribution in [3.8, 4) is 0 Å². The Morgan fingerprint density at radius 3 is 3.22 bits per heavy atom. The Morgan fingerprint density at radius 2 is 2.50 bits per heavy atom. The third-order valence-electron chi connectivity index (χ3n) is 2.39. The fourth-order valence-corrected chi connectivity index (χ4v) is 2.95. The van der Waals surface area contributed by atoms with Crippen LogP contribution in [0.3, 0.4) is 0 Å². The number of nitrogens with one attached hydrogen (secondary N) is 1. The van der Waals surface area contributed by atoms with Crippen LogP contribution in [0, 0.1) is 0 Å². The van der Waals surface area contributed by atoms with E-state index in [2.05, 4.69) is 17.2 Å². The summed E-state index contributed by atoms with van der Waals surface area (Å²) in [5.41, 5.74) is 0. The van der Waals surface area contributed by atoms with Gasteiger partial charge >= 0.3 is 0 Å². The molecule has 0 radical (unpaired) electrons. The molecule has 2 rings (SSSR count). The zero-order chi connectivity index (χ0) is 12.8. The molecule has 0 aliphatic rings. The Hall–Kier alpha value is -1.27. The number of carbonyl (C=O) groups is 1. The van der Waals surface area contributed by atoms with Gasteiger partial charge < -0.3 is 9.88 Å². The number of thioether (sulfide) groups is 1. The molecule has 0 saturated carbocycles. The molecule has 0 atom stereocenters. The van der Waals surface area contributed by atoms with E-state index in [1.807, 2.05) is 28.3 Å². The van der Waals surface area contributed by atoms with Crippen molar-refractivity contribution in [2.75, 3.05) is 5.75 Å². The first-order valence-electron chi connectivity index (χ1n) is 5.72. The third-order valence-corrected chi connectivity index (χ3v) is 4.27. The number of hydrogen-bond acceptors (Lipinski definition) is 4. The second-order valence-electron chi connectivity index (χ2n) is 3.64. The number of carbonyl (C=O) groups excluding carboxylic acids is 1. The maximum atomic E-state index is 11.7. The van der Waals surface area contributed by atoms with Gasteiger partial charge in [0.25, 0.3) is 0 Å². The Balaban J connectivity index is 1.75. The zero-order valence-electron chi connectivity index (χ0n) is 10.1. The van der Waals surface area contributed by atoms with Crippen molar-refractivity contribution in [2.45, 2.75) is 25.2 Å². The molecule has 1 amide bonds. The van der Waals surface area contributed by atoms with Gasteiger partial charge in [-0.25, -0.2) is 4.98 Å². The number of aryl methyl sites for hydroxylation is 1. The summed E-state index contributed by atoms with van der Waals surface area (Å²) >= 11 is 3.12.